The fourth-order valence-corrected chi connectivity index (χ4v) is 4.31. The molecule has 4 nitrogen and oxygen atoms in total. The van der Waals surface area contributed by atoms with E-state index >= 15 is 0 Å². The third-order valence-electron chi connectivity index (χ3n) is 3.88. The smallest absolute Gasteiger partial charge is 0.166 e. The highest BCUT2D eigenvalue weighted by Crippen LogP contribution is 2.27. The monoisotopic (exact) mass is 353 g/mol. The lowest BCUT2D eigenvalue weighted by Crippen LogP contribution is -2.29. The second-order valence-electron chi connectivity index (χ2n) is 5.78. The molecule has 2 aromatic rings. The molecule has 1 aliphatic heterocycles. The highest BCUT2D eigenvalue weighted by molar-refractivity contribution is 7.91. The fourth-order valence-electron chi connectivity index (χ4n) is 2.60. The molecule has 0 spiro atoms. The molecule has 1 N–H and O–H groups in total. The molecule has 24 heavy (non-hydrogen) atoms. The lowest BCUT2D eigenvalue weighted by atomic mass is 10.2. The van der Waals surface area contributed by atoms with E-state index in [0.29, 0.717) is 18.5 Å². The number of rotatable bonds is 5. The van der Waals surface area contributed by atoms with E-state index in [1.54, 1.807) is 12.1 Å². The van der Waals surface area contributed by atoms with Crippen LogP contribution in [0, 0.1) is 11.6 Å². The second kappa shape index (κ2) is 6.86. The van der Waals surface area contributed by atoms with Crippen LogP contribution in [0.4, 0.5) is 8.78 Å². The molecule has 1 fully saturated rings. The van der Waals surface area contributed by atoms with Gasteiger partial charge in [0.05, 0.1) is 11.5 Å². The van der Waals surface area contributed by atoms with Crippen molar-refractivity contribution in [2.75, 3.05) is 11.5 Å². The van der Waals surface area contributed by atoms with Crippen molar-refractivity contribution < 1.29 is 21.9 Å². The molecule has 0 bridgehead atoms. The first kappa shape index (κ1) is 16.9. The normalized spacial score (nSPS) is 19.3. The number of para-hydroxylation sites is 1. The van der Waals surface area contributed by atoms with E-state index in [1.165, 1.54) is 30.3 Å². The van der Waals surface area contributed by atoms with E-state index in [4.69, 9.17) is 4.74 Å². The number of nitrogens with one attached hydrogen (secondary N) is 1. The summed E-state index contributed by atoms with van der Waals surface area (Å²) >= 11 is 0. The van der Waals surface area contributed by atoms with Gasteiger partial charge in [0.2, 0.25) is 0 Å². The average Bonchev–Trinajstić information content (AvgIpc) is 2.89. The SMILES string of the molecule is O=S1(=O)CC[C@H](NCc2ccc(Oc3ccccc3F)c(F)c2)C1. The first-order valence-electron chi connectivity index (χ1n) is 7.57. The van der Waals surface area contributed by atoms with Gasteiger partial charge in [-0.15, -0.1) is 0 Å². The van der Waals surface area contributed by atoms with Gasteiger partial charge in [-0.1, -0.05) is 18.2 Å². The van der Waals surface area contributed by atoms with E-state index in [1.807, 2.05) is 0 Å². The zero-order valence-electron chi connectivity index (χ0n) is 12.8. The first-order valence-corrected chi connectivity index (χ1v) is 9.40. The van der Waals surface area contributed by atoms with Crippen LogP contribution in [0.3, 0.4) is 0 Å². The number of ether oxygens (including phenoxy) is 1. The first-order chi connectivity index (χ1) is 11.4. The molecule has 128 valence electrons. The second-order valence-corrected chi connectivity index (χ2v) is 8.01. The topological polar surface area (TPSA) is 55.4 Å². The average molecular weight is 353 g/mol. The van der Waals surface area contributed by atoms with Gasteiger partial charge in [0.25, 0.3) is 0 Å². The maximum atomic E-state index is 14.1. The van der Waals surface area contributed by atoms with E-state index in [9.17, 15) is 17.2 Å². The van der Waals surface area contributed by atoms with E-state index in [2.05, 4.69) is 5.32 Å². The van der Waals surface area contributed by atoms with Crippen LogP contribution < -0.4 is 10.1 Å². The highest BCUT2D eigenvalue weighted by atomic mass is 32.2. The molecule has 0 saturated carbocycles. The van der Waals surface area contributed by atoms with Crippen LogP contribution >= 0.6 is 0 Å². The van der Waals surface area contributed by atoms with Gasteiger partial charge in [0.1, 0.15) is 0 Å². The predicted octanol–water partition coefficient (Wildman–Crippen LogP) is 3.03. The van der Waals surface area contributed by atoms with Crippen LogP contribution in [0.2, 0.25) is 0 Å². The van der Waals surface area contributed by atoms with Crippen molar-refractivity contribution in [2.24, 2.45) is 0 Å². The van der Waals surface area contributed by atoms with Crippen molar-refractivity contribution in [1.29, 1.82) is 0 Å². The number of sulfone groups is 1. The molecule has 2 aromatic carbocycles. The number of halogens is 2. The fraction of sp³-hybridized carbons (Fsp3) is 0.294. The Balaban J connectivity index is 1.63. The van der Waals surface area contributed by atoms with E-state index in [-0.39, 0.29) is 29.0 Å². The molecule has 1 saturated heterocycles. The number of hydrogen-bond donors (Lipinski definition) is 1. The molecule has 0 unspecified atom stereocenters. The largest absolute Gasteiger partial charge is 0.451 e. The maximum absolute atomic E-state index is 14.1. The Kier molecular flexibility index (Phi) is 4.82. The van der Waals surface area contributed by atoms with Gasteiger partial charge in [0.15, 0.2) is 33.0 Å². The Labute approximate surface area is 139 Å². The lowest BCUT2D eigenvalue weighted by molar-refractivity contribution is 0.414. The zero-order valence-corrected chi connectivity index (χ0v) is 13.7. The van der Waals surface area contributed by atoms with Crippen molar-refractivity contribution in [3.63, 3.8) is 0 Å². The van der Waals surface area contributed by atoms with Gasteiger partial charge in [-0.2, -0.15) is 0 Å². The van der Waals surface area contributed by atoms with Gasteiger partial charge in [0, 0.05) is 12.6 Å². The summed E-state index contributed by atoms with van der Waals surface area (Å²) in [5.74, 6) is -0.967. The van der Waals surface area contributed by atoms with Gasteiger partial charge >= 0.3 is 0 Å². The molecule has 0 aromatic heterocycles. The summed E-state index contributed by atoms with van der Waals surface area (Å²) in [6.07, 6.45) is 0.569. The molecule has 0 aliphatic carbocycles. The van der Waals surface area contributed by atoms with Crippen LogP contribution in [0.5, 0.6) is 11.5 Å². The minimum atomic E-state index is -2.95. The molecule has 7 heteroatoms. The summed E-state index contributed by atoms with van der Waals surface area (Å²) in [6.45, 7) is 0.358. The Morgan fingerprint density at radius 3 is 2.50 bits per heavy atom. The lowest BCUT2D eigenvalue weighted by Gasteiger charge is -2.12. The summed E-state index contributed by atoms with van der Waals surface area (Å²) in [6, 6.07) is 10.1. The van der Waals surface area contributed by atoms with Crippen LogP contribution in [0.25, 0.3) is 0 Å². The third-order valence-corrected chi connectivity index (χ3v) is 5.65. The van der Waals surface area contributed by atoms with Gasteiger partial charge in [-0.3, -0.25) is 0 Å². The van der Waals surface area contributed by atoms with Crippen molar-refractivity contribution in [3.05, 3.63) is 59.7 Å². The van der Waals surface area contributed by atoms with Crippen LogP contribution in [0.1, 0.15) is 12.0 Å². The van der Waals surface area contributed by atoms with E-state index in [0.717, 1.165) is 0 Å². The highest BCUT2D eigenvalue weighted by Gasteiger charge is 2.27. The van der Waals surface area contributed by atoms with Crippen LogP contribution in [-0.4, -0.2) is 26.0 Å². The molecular formula is C17H17F2NO3S. The molecule has 1 heterocycles. The van der Waals surface area contributed by atoms with Gasteiger partial charge in [-0.05, 0) is 36.2 Å². The molecule has 0 amide bonds. The molecule has 1 atom stereocenters. The number of benzene rings is 2. The molecule has 0 radical (unpaired) electrons. The Morgan fingerprint density at radius 1 is 1.08 bits per heavy atom. The van der Waals surface area contributed by atoms with Gasteiger partial charge < -0.3 is 10.1 Å². The Morgan fingerprint density at radius 2 is 1.83 bits per heavy atom. The van der Waals surface area contributed by atoms with Gasteiger partial charge in [-0.25, -0.2) is 17.2 Å². The standard InChI is InChI=1S/C17H17F2NO3S/c18-14-3-1-2-4-16(14)23-17-6-5-12(9-15(17)19)10-20-13-7-8-24(21,22)11-13/h1-6,9,13,20H,7-8,10-11H2/t13-/m0/s1. The Hall–Kier alpha value is -1.99. The Bertz CT molecular complexity index is 839. The molecular weight excluding hydrogens is 336 g/mol. The predicted molar refractivity (Wildman–Crippen MR) is 86.8 cm³/mol. The summed E-state index contributed by atoms with van der Waals surface area (Å²) in [5.41, 5.74) is 0.665. The minimum absolute atomic E-state index is 0.0431. The molecule has 3 rings (SSSR count). The van der Waals surface area contributed by atoms with Crippen molar-refractivity contribution in [2.45, 2.75) is 19.0 Å². The maximum Gasteiger partial charge on any atom is 0.166 e. The third kappa shape index (κ3) is 4.10. The summed E-state index contributed by atoms with van der Waals surface area (Å²) in [7, 11) is -2.95. The minimum Gasteiger partial charge on any atom is -0.451 e. The quantitative estimate of drug-likeness (QED) is 0.898. The van der Waals surface area contributed by atoms with Crippen molar-refractivity contribution in [1.82, 2.24) is 5.32 Å². The summed E-state index contributed by atoms with van der Waals surface area (Å²) in [5, 5.41) is 3.11. The summed E-state index contributed by atoms with van der Waals surface area (Å²) < 4.78 is 55.7. The van der Waals surface area contributed by atoms with Crippen LogP contribution in [-0.2, 0) is 16.4 Å². The molecule has 1 aliphatic rings. The van der Waals surface area contributed by atoms with Crippen molar-refractivity contribution in [3.8, 4) is 11.5 Å². The zero-order chi connectivity index (χ0) is 17.2. The number of hydrogen-bond acceptors (Lipinski definition) is 4. The van der Waals surface area contributed by atoms with E-state index < -0.39 is 21.5 Å². The van der Waals surface area contributed by atoms with Crippen molar-refractivity contribution >= 4 is 9.84 Å². The summed E-state index contributed by atoms with van der Waals surface area (Å²) in [4.78, 5) is 0. The van der Waals surface area contributed by atoms with Crippen LogP contribution in [0.15, 0.2) is 42.5 Å².